The van der Waals surface area contributed by atoms with Crippen LogP contribution in [0, 0.1) is 0 Å². The van der Waals surface area contributed by atoms with Crippen LogP contribution < -0.4 is 20.9 Å². The zero-order chi connectivity index (χ0) is 16.4. The van der Waals surface area contributed by atoms with Crippen molar-refractivity contribution in [2.45, 2.75) is 0 Å². The molecule has 0 bridgehead atoms. The molecule has 3 rings (SSSR count). The predicted molar refractivity (Wildman–Crippen MR) is 80.7 cm³/mol. The van der Waals surface area contributed by atoms with E-state index in [9.17, 15) is 9.59 Å². The number of methoxy groups -OCH3 is 2. The maximum absolute atomic E-state index is 12.5. The summed E-state index contributed by atoms with van der Waals surface area (Å²) in [6, 6.07) is 9.99. The monoisotopic (exact) mass is 315 g/mol. The van der Waals surface area contributed by atoms with Gasteiger partial charge >= 0.3 is 11.4 Å². The van der Waals surface area contributed by atoms with Crippen LogP contribution in [-0.2, 0) is 0 Å². The molecule has 0 aliphatic rings. The van der Waals surface area contributed by atoms with Gasteiger partial charge < -0.3 is 9.47 Å². The third-order valence-electron chi connectivity index (χ3n) is 3.09. The maximum Gasteiger partial charge on any atom is 0.359 e. The molecule has 3 aromatic rings. The number of aromatic amines is 1. The highest BCUT2D eigenvalue weighted by atomic mass is 16.5. The van der Waals surface area contributed by atoms with Gasteiger partial charge in [0.15, 0.2) is 0 Å². The van der Waals surface area contributed by atoms with Gasteiger partial charge in [-0.05, 0) is 12.1 Å². The second-order valence-corrected chi connectivity index (χ2v) is 4.46. The molecule has 23 heavy (non-hydrogen) atoms. The van der Waals surface area contributed by atoms with Crippen molar-refractivity contribution in [1.82, 2.24) is 24.3 Å². The van der Waals surface area contributed by atoms with E-state index in [1.807, 2.05) is 0 Å². The molecule has 0 unspecified atom stereocenters. The summed E-state index contributed by atoms with van der Waals surface area (Å²) in [6.45, 7) is 0. The molecule has 0 aliphatic heterocycles. The highest BCUT2D eigenvalue weighted by Gasteiger charge is 2.16. The number of H-pyrrole nitrogens is 1. The molecule has 0 amide bonds. The van der Waals surface area contributed by atoms with Crippen LogP contribution >= 0.6 is 0 Å². The minimum Gasteiger partial charge on any atom is -0.481 e. The van der Waals surface area contributed by atoms with E-state index in [1.54, 1.807) is 30.3 Å². The number of aromatic nitrogens is 5. The van der Waals surface area contributed by atoms with Gasteiger partial charge in [-0.3, -0.25) is 0 Å². The Kier molecular flexibility index (Phi) is 3.67. The first-order chi connectivity index (χ1) is 11.1. The Bertz CT molecular complexity index is 920. The van der Waals surface area contributed by atoms with Gasteiger partial charge in [-0.25, -0.2) is 19.3 Å². The van der Waals surface area contributed by atoms with Gasteiger partial charge in [0.25, 0.3) is 5.95 Å². The van der Waals surface area contributed by atoms with Gasteiger partial charge in [0.2, 0.25) is 11.8 Å². The lowest BCUT2D eigenvalue weighted by molar-refractivity contribution is 0.369. The Morgan fingerprint density at radius 3 is 2.17 bits per heavy atom. The molecule has 0 fully saturated rings. The lowest BCUT2D eigenvalue weighted by Crippen LogP contribution is -2.27. The quantitative estimate of drug-likeness (QED) is 0.733. The van der Waals surface area contributed by atoms with Crippen molar-refractivity contribution in [3.8, 4) is 23.4 Å². The van der Waals surface area contributed by atoms with Crippen molar-refractivity contribution >= 4 is 0 Å². The van der Waals surface area contributed by atoms with Gasteiger partial charge in [0.05, 0.1) is 26.0 Å². The SMILES string of the molecule is COc1cc(OC)nc(-n2[nH]c(=O)n(-c3ccccc3)c2=O)n1. The molecule has 0 saturated heterocycles. The second kappa shape index (κ2) is 5.79. The van der Waals surface area contributed by atoms with Crippen LogP contribution in [0.5, 0.6) is 11.8 Å². The molecule has 9 heteroatoms. The number of para-hydroxylation sites is 1. The topological polar surface area (TPSA) is 104 Å². The highest BCUT2D eigenvalue weighted by molar-refractivity contribution is 5.31. The lowest BCUT2D eigenvalue weighted by Gasteiger charge is -2.05. The normalized spacial score (nSPS) is 10.5. The summed E-state index contributed by atoms with van der Waals surface area (Å²) in [5, 5.41) is 2.41. The zero-order valence-corrected chi connectivity index (χ0v) is 12.4. The Hall–Kier alpha value is -3.36. The van der Waals surface area contributed by atoms with Crippen molar-refractivity contribution in [3.63, 3.8) is 0 Å². The summed E-state index contributed by atoms with van der Waals surface area (Å²) in [5.74, 6) is 0.345. The third-order valence-corrected chi connectivity index (χ3v) is 3.09. The first kappa shape index (κ1) is 14.6. The lowest BCUT2D eigenvalue weighted by atomic mass is 10.3. The van der Waals surface area contributed by atoms with Crippen molar-refractivity contribution in [3.05, 3.63) is 57.4 Å². The van der Waals surface area contributed by atoms with E-state index >= 15 is 0 Å². The molecule has 2 aromatic heterocycles. The van der Waals surface area contributed by atoms with E-state index < -0.39 is 11.4 Å². The predicted octanol–water partition coefficient (Wildman–Crippen LogP) is 0.124. The van der Waals surface area contributed by atoms with Crippen molar-refractivity contribution in [1.29, 1.82) is 0 Å². The Labute approximate surface area is 129 Å². The molecule has 1 aromatic carbocycles. The molecule has 0 saturated carbocycles. The molecular weight excluding hydrogens is 302 g/mol. The Morgan fingerprint density at radius 2 is 1.61 bits per heavy atom. The van der Waals surface area contributed by atoms with Crippen LogP contribution in [0.25, 0.3) is 11.6 Å². The molecule has 0 atom stereocenters. The molecule has 0 radical (unpaired) electrons. The Balaban J connectivity index is 2.20. The van der Waals surface area contributed by atoms with Gasteiger partial charge in [0.1, 0.15) is 0 Å². The number of nitrogens with zero attached hydrogens (tertiary/aromatic N) is 4. The van der Waals surface area contributed by atoms with Crippen molar-refractivity contribution in [2.24, 2.45) is 0 Å². The van der Waals surface area contributed by atoms with Crippen LogP contribution in [0.1, 0.15) is 0 Å². The minimum absolute atomic E-state index is 0.0574. The van der Waals surface area contributed by atoms with E-state index in [-0.39, 0.29) is 17.7 Å². The summed E-state index contributed by atoms with van der Waals surface area (Å²) in [4.78, 5) is 32.7. The number of rotatable bonds is 4. The largest absolute Gasteiger partial charge is 0.481 e. The highest BCUT2D eigenvalue weighted by Crippen LogP contribution is 2.15. The molecule has 118 valence electrons. The number of hydrogen-bond donors (Lipinski definition) is 1. The fourth-order valence-electron chi connectivity index (χ4n) is 2.02. The van der Waals surface area contributed by atoms with Gasteiger partial charge in [-0.15, -0.1) is 0 Å². The van der Waals surface area contributed by atoms with Crippen LogP contribution in [0.4, 0.5) is 0 Å². The van der Waals surface area contributed by atoms with E-state index in [1.165, 1.54) is 20.3 Å². The second-order valence-electron chi connectivity index (χ2n) is 4.46. The third kappa shape index (κ3) is 2.59. The summed E-state index contributed by atoms with van der Waals surface area (Å²) in [5.41, 5.74) is -0.796. The number of hydrogen-bond acceptors (Lipinski definition) is 6. The summed E-state index contributed by atoms with van der Waals surface area (Å²) >= 11 is 0. The van der Waals surface area contributed by atoms with Crippen LogP contribution in [0.3, 0.4) is 0 Å². The van der Waals surface area contributed by atoms with Gasteiger partial charge in [-0.1, -0.05) is 18.2 Å². The molecule has 2 heterocycles. The standard InChI is InChI=1S/C14H13N5O4/c1-22-10-8-11(23-2)16-12(15-10)19-14(21)18(13(20)17-19)9-6-4-3-5-7-9/h3-8H,1-2H3,(H,17,20). The number of nitrogens with one attached hydrogen (secondary N) is 1. The first-order valence-electron chi connectivity index (χ1n) is 6.61. The smallest absolute Gasteiger partial charge is 0.359 e. The minimum atomic E-state index is -0.628. The van der Waals surface area contributed by atoms with E-state index in [0.29, 0.717) is 5.69 Å². The molecule has 1 N–H and O–H groups in total. The summed E-state index contributed by atoms with van der Waals surface area (Å²) in [7, 11) is 2.85. The number of benzene rings is 1. The zero-order valence-electron chi connectivity index (χ0n) is 12.4. The molecule has 0 aliphatic carbocycles. The summed E-state index contributed by atoms with van der Waals surface area (Å²) in [6.07, 6.45) is 0. The maximum atomic E-state index is 12.5. The van der Waals surface area contributed by atoms with Crippen LogP contribution in [-0.4, -0.2) is 38.5 Å². The first-order valence-corrected chi connectivity index (χ1v) is 6.61. The van der Waals surface area contributed by atoms with Crippen molar-refractivity contribution < 1.29 is 9.47 Å². The summed E-state index contributed by atoms with van der Waals surface area (Å²) < 4.78 is 12.0. The van der Waals surface area contributed by atoms with Crippen molar-refractivity contribution in [2.75, 3.05) is 14.2 Å². The molecule has 0 spiro atoms. The van der Waals surface area contributed by atoms with Crippen LogP contribution in [0.15, 0.2) is 46.0 Å². The average Bonchev–Trinajstić information content (AvgIpc) is 2.89. The molecule has 9 nitrogen and oxygen atoms in total. The fraction of sp³-hybridized carbons (Fsp3) is 0.143. The van der Waals surface area contributed by atoms with E-state index in [4.69, 9.17) is 9.47 Å². The fourth-order valence-corrected chi connectivity index (χ4v) is 2.02. The van der Waals surface area contributed by atoms with Crippen LogP contribution in [0.2, 0.25) is 0 Å². The van der Waals surface area contributed by atoms with E-state index in [2.05, 4.69) is 15.1 Å². The molecular formula is C14H13N5O4. The van der Waals surface area contributed by atoms with Gasteiger partial charge in [0, 0.05) is 0 Å². The average molecular weight is 315 g/mol. The number of ether oxygens (including phenoxy) is 2. The Morgan fingerprint density at radius 1 is 1.00 bits per heavy atom. The van der Waals surface area contributed by atoms with E-state index in [0.717, 1.165) is 9.25 Å². The van der Waals surface area contributed by atoms with Gasteiger partial charge in [-0.2, -0.15) is 14.6 Å².